The first kappa shape index (κ1) is 23.2. The first-order valence-electron chi connectivity index (χ1n) is 13.4. The number of benzene rings is 6. The van der Waals surface area contributed by atoms with Gasteiger partial charge < -0.3 is 0 Å². The first-order valence-corrected chi connectivity index (χ1v) is 15.8. The van der Waals surface area contributed by atoms with Crippen LogP contribution in [0.5, 0.6) is 0 Å². The van der Waals surface area contributed by atoms with Gasteiger partial charge in [0.2, 0.25) is 0 Å². The van der Waals surface area contributed by atoms with E-state index in [9.17, 15) is 0 Å². The number of halogens is 2. The first-order chi connectivity index (χ1) is 19.6. The third kappa shape index (κ3) is 2.90. The van der Waals surface area contributed by atoms with Gasteiger partial charge in [0.25, 0.3) is 0 Å². The summed E-state index contributed by atoms with van der Waals surface area (Å²) in [5.74, 6) is 0. The molecule has 3 heteroatoms. The quantitative estimate of drug-likeness (QED) is 0.152. The summed E-state index contributed by atoms with van der Waals surface area (Å²) in [6.07, 6.45) is 0. The van der Waals surface area contributed by atoms with Crippen molar-refractivity contribution in [1.29, 1.82) is 0 Å². The van der Waals surface area contributed by atoms with Gasteiger partial charge in [-0.25, -0.2) is 0 Å². The number of hydrogen-bond acceptors (Lipinski definition) is 1. The molecule has 188 valence electrons. The predicted molar refractivity (Wildman–Crippen MR) is 176 cm³/mol. The zero-order valence-corrected chi connectivity index (χ0v) is 25.2. The summed E-state index contributed by atoms with van der Waals surface area (Å²) in [7, 11) is 0. The second-order valence-corrected chi connectivity index (χ2v) is 13.6. The Bertz CT molecular complexity index is 2130. The molecule has 0 aliphatic heterocycles. The van der Waals surface area contributed by atoms with E-state index in [1.807, 2.05) is 11.3 Å². The van der Waals surface area contributed by atoms with Crippen LogP contribution in [0.15, 0.2) is 130 Å². The van der Waals surface area contributed by atoms with Crippen molar-refractivity contribution in [2.24, 2.45) is 0 Å². The SMILES string of the molecule is Brc1ccc2c(c1)C1(c3cc(Br)ccc3-c3ccccc3-2)c2ccccc2-c2cc3sc4ccccc4c3cc21. The van der Waals surface area contributed by atoms with Crippen LogP contribution in [-0.4, -0.2) is 0 Å². The van der Waals surface area contributed by atoms with Crippen LogP contribution in [0, 0.1) is 0 Å². The maximum Gasteiger partial charge on any atom is 0.0726 e. The highest BCUT2D eigenvalue weighted by Crippen LogP contribution is 2.62. The highest BCUT2D eigenvalue weighted by atomic mass is 79.9. The molecule has 9 rings (SSSR count). The molecule has 1 aromatic heterocycles. The molecule has 0 saturated carbocycles. The normalized spacial score (nSPS) is 13.9. The van der Waals surface area contributed by atoms with Crippen LogP contribution in [0.3, 0.4) is 0 Å². The molecular weight excluding hydrogens is 636 g/mol. The molecule has 40 heavy (non-hydrogen) atoms. The largest absolute Gasteiger partial charge is 0.135 e. The predicted octanol–water partition coefficient (Wildman–Crippen LogP) is 11.6. The average Bonchev–Trinajstić information content (AvgIpc) is 3.46. The molecule has 7 aromatic rings. The lowest BCUT2D eigenvalue weighted by molar-refractivity contribution is 0.775. The Kier molecular flexibility index (Phi) is 4.80. The van der Waals surface area contributed by atoms with E-state index in [2.05, 4.69) is 153 Å². The Balaban J connectivity index is 1.56. The third-order valence-corrected chi connectivity index (χ3v) is 10.9. The molecule has 0 bridgehead atoms. The zero-order chi connectivity index (χ0) is 26.6. The van der Waals surface area contributed by atoms with Gasteiger partial charge in [-0.3, -0.25) is 0 Å². The molecule has 6 aromatic carbocycles. The van der Waals surface area contributed by atoms with Crippen molar-refractivity contribution in [3.63, 3.8) is 0 Å². The molecule has 0 unspecified atom stereocenters. The summed E-state index contributed by atoms with van der Waals surface area (Å²) in [6, 6.07) is 45.5. The van der Waals surface area contributed by atoms with Gasteiger partial charge in [-0.2, -0.15) is 0 Å². The molecule has 0 saturated heterocycles. The fourth-order valence-corrected chi connectivity index (χ4v) is 9.15. The Labute approximate surface area is 253 Å². The monoisotopic (exact) mass is 654 g/mol. The van der Waals surface area contributed by atoms with Gasteiger partial charge in [0, 0.05) is 29.1 Å². The van der Waals surface area contributed by atoms with E-state index in [0.717, 1.165) is 8.95 Å². The van der Waals surface area contributed by atoms with Crippen LogP contribution < -0.4 is 0 Å². The summed E-state index contributed by atoms with van der Waals surface area (Å²) >= 11 is 9.65. The molecule has 2 aliphatic carbocycles. The minimum absolute atomic E-state index is 0.486. The molecule has 0 fully saturated rings. The smallest absolute Gasteiger partial charge is 0.0726 e. The summed E-state index contributed by atoms with van der Waals surface area (Å²) in [6.45, 7) is 0. The second kappa shape index (κ2) is 8.27. The van der Waals surface area contributed by atoms with Crippen LogP contribution in [0.4, 0.5) is 0 Å². The summed E-state index contributed by atoms with van der Waals surface area (Å²) in [5, 5.41) is 2.67. The van der Waals surface area contributed by atoms with E-state index in [1.165, 1.54) is 75.8 Å². The van der Waals surface area contributed by atoms with Crippen LogP contribution in [0.1, 0.15) is 22.3 Å². The van der Waals surface area contributed by atoms with Gasteiger partial charge in [0.15, 0.2) is 0 Å². The van der Waals surface area contributed by atoms with Crippen LogP contribution in [0.2, 0.25) is 0 Å². The van der Waals surface area contributed by atoms with Gasteiger partial charge in [-0.1, -0.05) is 111 Å². The highest BCUT2D eigenvalue weighted by molar-refractivity contribution is 9.10. The van der Waals surface area contributed by atoms with Crippen molar-refractivity contribution in [3.8, 4) is 33.4 Å². The number of rotatable bonds is 0. The van der Waals surface area contributed by atoms with Gasteiger partial charge in [0.05, 0.1) is 5.41 Å². The number of thiophene rings is 1. The Hall–Kier alpha value is -3.50. The lowest BCUT2D eigenvalue weighted by Crippen LogP contribution is -2.29. The summed E-state index contributed by atoms with van der Waals surface area (Å²) < 4.78 is 4.86. The molecule has 1 heterocycles. The second-order valence-electron chi connectivity index (χ2n) is 10.7. The maximum absolute atomic E-state index is 3.88. The Morgan fingerprint density at radius 1 is 0.400 bits per heavy atom. The van der Waals surface area contributed by atoms with E-state index in [0.29, 0.717) is 0 Å². The zero-order valence-electron chi connectivity index (χ0n) is 21.2. The molecule has 0 N–H and O–H groups in total. The summed E-state index contributed by atoms with van der Waals surface area (Å²) in [5.41, 5.74) is 12.6. The van der Waals surface area contributed by atoms with Crippen LogP contribution in [0.25, 0.3) is 53.6 Å². The molecule has 2 aliphatic rings. The molecular formula is C37H20Br2S. The Morgan fingerprint density at radius 3 is 1.65 bits per heavy atom. The molecule has 0 amide bonds. The highest BCUT2D eigenvalue weighted by Gasteiger charge is 2.50. The summed E-state index contributed by atoms with van der Waals surface area (Å²) in [4.78, 5) is 0. The minimum atomic E-state index is -0.486. The van der Waals surface area contributed by atoms with Crippen molar-refractivity contribution in [3.05, 3.63) is 153 Å². The van der Waals surface area contributed by atoms with E-state index in [-0.39, 0.29) is 0 Å². The van der Waals surface area contributed by atoms with Gasteiger partial charge in [-0.05, 0) is 98.1 Å². The fraction of sp³-hybridized carbons (Fsp3) is 0.0270. The van der Waals surface area contributed by atoms with Crippen LogP contribution >= 0.6 is 43.2 Å². The maximum atomic E-state index is 3.88. The lowest BCUT2D eigenvalue weighted by Gasteiger charge is -2.35. The molecule has 0 nitrogen and oxygen atoms in total. The molecule has 0 radical (unpaired) electrons. The average molecular weight is 656 g/mol. The minimum Gasteiger partial charge on any atom is -0.135 e. The number of fused-ring (bicyclic) bond motifs is 15. The van der Waals surface area contributed by atoms with Crippen molar-refractivity contribution < 1.29 is 0 Å². The van der Waals surface area contributed by atoms with Gasteiger partial charge in [-0.15, -0.1) is 11.3 Å². The third-order valence-electron chi connectivity index (χ3n) is 8.82. The van der Waals surface area contributed by atoms with E-state index >= 15 is 0 Å². The topological polar surface area (TPSA) is 0 Å². The van der Waals surface area contributed by atoms with Crippen molar-refractivity contribution in [2.75, 3.05) is 0 Å². The van der Waals surface area contributed by atoms with Crippen molar-refractivity contribution in [1.82, 2.24) is 0 Å². The molecule has 1 spiro atoms. The fourth-order valence-electron chi connectivity index (χ4n) is 7.30. The molecule has 0 atom stereocenters. The van der Waals surface area contributed by atoms with Crippen molar-refractivity contribution in [2.45, 2.75) is 5.41 Å². The van der Waals surface area contributed by atoms with Crippen LogP contribution in [-0.2, 0) is 5.41 Å². The lowest BCUT2D eigenvalue weighted by atomic mass is 9.66. The number of hydrogen-bond donors (Lipinski definition) is 0. The van der Waals surface area contributed by atoms with E-state index < -0.39 is 5.41 Å². The Morgan fingerprint density at radius 2 is 0.950 bits per heavy atom. The van der Waals surface area contributed by atoms with Gasteiger partial charge in [0.1, 0.15) is 0 Å². The standard InChI is InChI=1S/C37H20Br2S/c38-21-13-15-26-23-7-1-2-8-24(23)27-16-14-22(39)18-33(27)37(32(26)17-21)31-11-5-3-9-25(31)29-20-36-30(19-34(29)37)28-10-4-6-12-35(28)40-36/h1-20H. The van der Waals surface area contributed by atoms with Gasteiger partial charge >= 0.3 is 0 Å². The van der Waals surface area contributed by atoms with E-state index in [4.69, 9.17) is 0 Å². The van der Waals surface area contributed by atoms with E-state index in [1.54, 1.807) is 0 Å². The van der Waals surface area contributed by atoms with Crippen molar-refractivity contribution >= 4 is 63.4 Å².